The number of nitrogens with one attached hydrogen (secondary N) is 2. The van der Waals surface area contributed by atoms with E-state index in [1.54, 1.807) is 0 Å². The van der Waals surface area contributed by atoms with E-state index in [1.165, 1.54) is 30.6 Å². The third kappa shape index (κ3) is 7.30. The van der Waals surface area contributed by atoms with Gasteiger partial charge in [-0.05, 0) is 43.5 Å². The van der Waals surface area contributed by atoms with Crippen molar-refractivity contribution in [3.63, 3.8) is 0 Å². The summed E-state index contributed by atoms with van der Waals surface area (Å²) in [6.07, 6.45) is 1.27. The highest BCUT2D eigenvalue weighted by atomic mass is 127. The number of halogens is 1. The topological polar surface area (TPSA) is 39.7 Å². The van der Waals surface area contributed by atoms with Crippen molar-refractivity contribution in [3.05, 3.63) is 71.8 Å². The van der Waals surface area contributed by atoms with Gasteiger partial charge < -0.3 is 15.5 Å². The SMILES string of the molecule is CCNC(=NCC(c1ccccc1)c1ccccc1)NCC1CCN(CC)C1.I. The quantitative estimate of drug-likeness (QED) is 0.318. The molecule has 0 amide bonds. The molecule has 1 saturated heterocycles. The third-order valence-corrected chi connectivity index (χ3v) is 5.56. The fraction of sp³-hybridized carbons (Fsp3) is 0.458. The second-order valence-corrected chi connectivity index (χ2v) is 7.52. The zero-order valence-electron chi connectivity index (χ0n) is 17.7. The van der Waals surface area contributed by atoms with Crippen LogP contribution in [0.25, 0.3) is 0 Å². The van der Waals surface area contributed by atoms with Gasteiger partial charge in [-0.1, -0.05) is 67.6 Å². The van der Waals surface area contributed by atoms with Crippen molar-refractivity contribution in [1.82, 2.24) is 15.5 Å². The minimum absolute atomic E-state index is 0. The Kier molecular flexibility index (Phi) is 10.5. The van der Waals surface area contributed by atoms with Crippen molar-refractivity contribution in [1.29, 1.82) is 0 Å². The van der Waals surface area contributed by atoms with Crippen LogP contribution in [0.2, 0.25) is 0 Å². The van der Waals surface area contributed by atoms with Crippen LogP contribution < -0.4 is 10.6 Å². The van der Waals surface area contributed by atoms with Crippen molar-refractivity contribution in [2.75, 3.05) is 39.3 Å². The number of aliphatic imine (C=N–C) groups is 1. The second kappa shape index (κ2) is 12.9. The maximum atomic E-state index is 4.95. The number of hydrogen-bond acceptors (Lipinski definition) is 2. The summed E-state index contributed by atoms with van der Waals surface area (Å²) in [7, 11) is 0. The first-order valence-electron chi connectivity index (χ1n) is 10.6. The Bertz CT molecular complexity index is 681. The Balaban J connectivity index is 0.00000300. The minimum atomic E-state index is 0. The van der Waals surface area contributed by atoms with Crippen LogP contribution in [-0.4, -0.2) is 50.1 Å². The Labute approximate surface area is 193 Å². The lowest BCUT2D eigenvalue weighted by atomic mass is 9.91. The summed E-state index contributed by atoms with van der Waals surface area (Å²) in [6, 6.07) is 21.4. The molecular weight excluding hydrogens is 471 g/mol. The van der Waals surface area contributed by atoms with Gasteiger partial charge in [-0.25, -0.2) is 0 Å². The van der Waals surface area contributed by atoms with E-state index in [9.17, 15) is 0 Å². The molecule has 0 aliphatic carbocycles. The normalized spacial score (nSPS) is 17.2. The van der Waals surface area contributed by atoms with Gasteiger partial charge in [0.25, 0.3) is 0 Å². The summed E-state index contributed by atoms with van der Waals surface area (Å²) in [5, 5.41) is 6.99. The molecule has 29 heavy (non-hydrogen) atoms. The van der Waals surface area contributed by atoms with Crippen LogP contribution in [0, 0.1) is 5.92 Å². The van der Waals surface area contributed by atoms with E-state index in [4.69, 9.17) is 4.99 Å². The van der Waals surface area contributed by atoms with Gasteiger partial charge in [-0.15, -0.1) is 24.0 Å². The number of rotatable bonds is 8. The summed E-state index contributed by atoms with van der Waals surface area (Å²) in [4.78, 5) is 7.47. The summed E-state index contributed by atoms with van der Waals surface area (Å²) < 4.78 is 0. The predicted molar refractivity (Wildman–Crippen MR) is 134 cm³/mol. The van der Waals surface area contributed by atoms with Crippen LogP contribution in [0.4, 0.5) is 0 Å². The standard InChI is InChI=1S/C24H34N4.HI/c1-3-25-24(26-17-20-15-16-28(4-2)19-20)27-18-23(21-11-7-5-8-12-21)22-13-9-6-10-14-22;/h5-14,20,23H,3-4,15-19H2,1-2H3,(H2,25,26,27);1H. The third-order valence-electron chi connectivity index (χ3n) is 5.56. The molecule has 0 radical (unpaired) electrons. The zero-order valence-corrected chi connectivity index (χ0v) is 20.0. The van der Waals surface area contributed by atoms with Gasteiger partial charge in [0.05, 0.1) is 6.54 Å². The van der Waals surface area contributed by atoms with Crippen LogP contribution in [0.15, 0.2) is 65.7 Å². The van der Waals surface area contributed by atoms with Crippen LogP contribution in [0.1, 0.15) is 37.3 Å². The second-order valence-electron chi connectivity index (χ2n) is 7.52. The van der Waals surface area contributed by atoms with Gasteiger partial charge in [0, 0.05) is 25.6 Å². The molecule has 2 aromatic carbocycles. The molecule has 0 saturated carbocycles. The molecule has 3 rings (SSSR count). The van der Waals surface area contributed by atoms with E-state index in [0.29, 0.717) is 5.92 Å². The number of likely N-dealkylation sites (tertiary alicyclic amines) is 1. The molecule has 1 atom stereocenters. The molecule has 1 heterocycles. The maximum Gasteiger partial charge on any atom is 0.191 e. The van der Waals surface area contributed by atoms with Crippen molar-refractivity contribution in [3.8, 4) is 0 Å². The highest BCUT2D eigenvalue weighted by Gasteiger charge is 2.21. The summed E-state index contributed by atoms with van der Waals surface area (Å²) in [6.45, 7) is 10.5. The van der Waals surface area contributed by atoms with Crippen molar-refractivity contribution in [2.24, 2.45) is 10.9 Å². The largest absolute Gasteiger partial charge is 0.357 e. The van der Waals surface area contributed by atoms with Gasteiger partial charge in [-0.2, -0.15) is 0 Å². The van der Waals surface area contributed by atoms with Crippen LogP contribution in [0.3, 0.4) is 0 Å². The van der Waals surface area contributed by atoms with E-state index >= 15 is 0 Å². The molecule has 0 aromatic heterocycles. The molecule has 1 aliphatic heterocycles. The lowest BCUT2D eigenvalue weighted by Crippen LogP contribution is -2.40. The molecule has 2 N–H and O–H groups in total. The molecular formula is C24H35IN4. The van der Waals surface area contributed by atoms with Crippen molar-refractivity contribution < 1.29 is 0 Å². The van der Waals surface area contributed by atoms with Crippen LogP contribution in [0.5, 0.6) is 0 Å². The van der Waals surface area contributed by atoms with E-state index in [1.807, 2.05) is 0 Å². The van der Waals surface area contributed by atoms with Gasteiger partial charge in [0.1, 0.15) is 0 Å². The average Bonchev–Trinajstić information content (AvgIpc) is 3.22. The number of benzene rings is 2. The van der Waals surface area contributed by atoms with E-state index in [0.717, 1.165) is 32.1 Å². The maximum absolute atomic E-state index is 4.95. The molecule has 2 aromatic rings. The number of hydrogen-bond donors (Lipinski definition) is 2. The number of guanidine groups is 1. The van der Waals surface area contributed by atoms with Gasteiger partial charge >= 0.3 is 0 Å². The molecule has 1 unspecified atom stereocenters. The molecule has 0 bridgehead atoms. The fourth-order valence-electron chi connectivity index (χ4n) is 3.91. The van der Waals surface area contributed by atoms with E-state index in [2.05, 4.69) is 90.0 Å². The monoisotopic (exact) mass is 506 g/mol. The Morgan fingerprint density at radius 1 is 1.00 bits per heavy atom. The Hall–Kier alpha value is -1.60. The highest BCUT2D eigenvalue weighted by molar-refractivity contribution is 14.0. The highest BCUT2D eigenvalue weighted by Crippen LogP contribution is 2.24. The predicted octanol–water partition coefficient (Wildman–Crippen LogP) is 4.33. The van der Waals surface area contributed by atoms with Gasteiger partial charge in [0.15, 0.2) is 5.96 Å². The van der Waals surface area contributed by atoms with Crippen LogP contribution >= 0.6 is 24.0 Å². The molecule has 0 spiro atoms. The minimum Gasteiger partial charge on any atom is -0.357 e. The molecule has 1 fully saturated rings. The molecule has 5 heteroatoms. The Morgan fingerprint density at radius 3 is 2.14 bits per heavy atom. The zero-order chi connectivity index (χ0) is 19.6. The summed E-state index contributed by atoms with van der Waals surface area (Å²) in [5.41, 5.74) is 2.62. The lowest BCUT2D eigenvalue weighted by molar-refractivity contribution is 0.342. The summed E-state index contributed by atoms with van der Waals surface area (Å²) in [5.74, 6) is 1.90. The van der Waals surface area contributed by atoms with Crippen molar-refractivity contribution in [2.45, 2.75) is 26.2 Å². The first kappa shape index (κ1) is 23.7. The number of nitrogens with zero attached hydrogens (tertiary/aromatic N) is 2. The van der Waals surface area contributed by atoms with E-state index < -0.39 is 0 Å². The molecule has 1 aliphatic rings. The molecule has 158 valence electrons. The van der Waals surface area contributed by atoms with Crippen LogP contribution in [-0.2, 0) is 0 Å². The van der Waals surface area contributed by atoms with Gasteiger partial charge in [-0.3, -0.25) is 4.99 Å². The van der Waals surface area contributed by atoms with Crippen molar-refractivity contribution >= 4 is 29.9 Å². The van der Waals surface area contributed by atoms with Gasteiger partial charge in [0.2, 0.25) is 0 Å². The first-order valence-corrected chi connectivity index (χ1v) is 10.6. The smallest absolute Gasteiger partial charge is 0.191 e. The average molecular weight is 506 g/mol. The molecule has 4 nitrogen and oxygen atoms in total. The lowest BCUT2D eigenvalue weighted by Gasteiger charge is -2.19. The first-order chi connectivity index (χ1) is 13.8. The summed E-state index contributed by atoms with van der Waals surface area (Å²) >= 11 is 0. The Morgan fingerprint density at radius 2 is 1.62 bits per heavy atom. The van der Waals surface area contributed by atoms with E-state index in [-0.39, 0.29) is 29.9 Å². The fourth-order valence-corrected chi connectivity index (χ4v) is 3.91.